The summed E-state index contributed by atoms with van der Waals surface area (Å²) in [5.41, 5.74) is 3.24. The van der Waals surface area contributed by atoms with Crippen molar-refractivity contribution in [2.75, 3.05) is 33.3 Å². The molecule has 1 aromatic rings. The minimum atomic E-state index is 0.133. The SMILES string of the molecule is CCC(=O)N1CCCN(C(=O)Cc2ccc(OC)c(C)c2C)CC1. The Hall–Kier alpha value is -2.04. The van der Waals surface area contributed by atoms with Crippen LogP contribution in [0.15, 0.2) is 12.1 Å². The lowest BCUT2D eigenvalue weighted by atomic mass is 9.99. The summed E-state index contributed by atoms with van der Waals surface area (Å²) in [6.45, 7) is 8.66. The molecule has 24 heavy (non-hydrogen) atoms. The first-order valence-electron chi connectivity index (χ1n) is 8.66. The summed E-state index contributed by atoms with van der Waals surface area (Å²) in [6, 6.07) is 3.90. The predicted octanol–water partition coefficient (Wildman–Crippen LogP) is 2.33. The molecular weight excluding hydrogens is 304 g/mol. The molecule has 1 fully saturated rings. The van der Waals surface area contributed by atoms with Crippen LogP contribution in [0.25, 0.3) is 0 Å². The van der Waals surface area contributed by atoms with Gasteiger partial charge in [0, 0.05) is 32.6 Å². The second-order valence-electron chi connectivity index (χ2n) is 6.32. The first-order valence-corrected chi connectivity index (χ1v) is 8.66. The van der Waals surface area contributed by atoms with Gasteiger partial charge >= 0.3 is 0 Å². The Bertz CT molecular complexity index is 613. The number of nitrogens with zero attached hydrogens (tertiary/aromatic N) is 2. The van der Waals surface area contributed by atoms with Gasteiger partial charge in [-0.15, -0.1) is 0 Å². The second-order valence-corrected chi connectivity index (χ2v) is 6.32. The zero-order chi connectivity index (χ0) is 17.7. The van der Waals surface area contributed by atoms with E-state index in [2.05, 4.69) is 0 Å². The van der Waals surface area contributed by atoms with Crippen LogP contribution in [0.4, 0.5) is 0 Å². The highest BCUT2D eigenvalue weighted by Crippen LogP contribution is 2.24. The third-order valence-electron chi connectivity index (χ3n) is 4.92. The minimum absolute atomic E-state index is 0.133. The molecule has 1 saturated heterocycles. The van der Waals surface area contributed by atoms with Crippen molar-refractivity contribution in [2.24, 2.45) is 0 Å². The summed E-state index contributed by atoms with van der Waals surface area (Å²) < 4.78 is 5.33. The highest BCUT2D eigenvalue weighted by molar-refractivity contribution is 5.80. The van der Waals surface area contributed by atoms with Gasteiger partial charge in [-0.05, 0) is 43.0 Å². The van der Waals surface area contributed by atoms with Gasteiger partial charge in [0.2, 0.25) is 11.8 Å². The lowest BCUT2D eigenvalue weighted by molar-refractivity contribution is -0.133. The van der Waals surface area contributed by atoms with Gasteiger partial charge in [-0.25, -0.2) is 0 Å². The first-order chi connectivity index (χ1) is 11.5. The molecule has 5 heteroatoms. The van der Waals surface area contributed by atoms with Gasteiger partial charge in [0.15, 0.2) is 0 Å². The minimum Gasteiger partial charge on any atom is -0.496 e. The van der Waals surface area contributed by atoms with Crippen molar-refractivity contribution in [1.82, 2.24) is 9.80 Å². The van der Waals surface area contributed by atoms with Gasteiger partial charge in [0.25, 0.3) is 0 Å². The van der Waals surface area contributed by atoms with Gasteiger partial charge in [-0.2, -0.15) is 0 Å². The smallest absolute Gasteiger partial charge is 0.227 e. The number of carbonyl (C=O) groups is 2. The molecule has 5 nitrogen and oxygen atoms in total. The van der Waals surface area contributed by atoms with Crippen molar-refractivity contribution < 1.29 is 14.3 Å². The Morgan fingerprint density at radius 1 is 1.00 bits per heavy atom. The van der Waals surface area contributed by atoms with Crippen molar-refractivity contribution >= 4 is 11.8 Å². The lowest BCUT2D eigenvalue weighted by Crippen LogP contribution is -2.37. The molecule has 0 aliphatic carbocycles. The number of methoxy groups -OCH3 is 1. The molecule has 2 rings (SSSR count). The summed E-state index contributed by atoms with van der Waals surface area (Å²) in [5, 5.41) is 0. The molecule has 0 radical (unpaired) electrons. The van der Waals surface area contributed by atoms with E-state index in [9.17, 15) is 9.59 Å². The van der Waals surface area contributed by atoms with Crippen LogP contribution in [0, 0.1) is 13.8 Å². The van der Waals surface area contributed by atoms with E-state index in [1.54, 1.807) is 7.11 Å². The highest BCUT2D eigenvalue weighted by atomic mass is 16.5. The molecule has 132 valence electrons. The van der Waals surface area contributed by atoms with Gasteiger partial charge in [-0.1, -0.05) is 13.0 Å². The quantitative estimate of drug-likeness (QED) is 0.850. The van der Waals surface area contributed by atoms with Crippen molar-refractivity contribution in [1.29, 1.82) is 0 Å². The number of hydrogen-bond donors (Lipinski definition) is 0. The van der Waals surface area contributed by atoms with Crippen molar-refractivity contribution in [3.8, 4) is 5.75 Å². The van der Waals surface area contributed by atoms with E-state index in [0.717, 1.165) is 42.0 Å². The predicted molar refractivity (Wildman–Crippen MR) is 94.2 cm³/mol. The monoisotopic (exact) mass is 332 g/mol. The maximum absolute atomic E-state index is 12.7. The van der Waals surface area contributed by atoms with E-state index in [0.29, 0.717) is 25.9 Å². The Balaban J connectivity index is 2.02. The third-order valence-corrected chi connectivity index (χ3v) is 4.92. The largest absolute Gasteiger partial charge is 0.496 e. The van der Waals surface area contributed by atoms with E-state index >= 15 is 0 Å². The lowest BCUT2D eigenvalue weighted by Gasteiger charge is -2.22. The summed E-state index contributed by atoms with van der Waals surface area (Å²) in [5.74, 6) is 1.16. The molecule has 0 saturated carbocycles. The van der Waals surface area contributed by atoms with E-state index in [1.807, 2.05) is 42.7 Å². The summed E-state index contributed by atoms with van der Waals surface area (Å²) >= 11 is 0. The summed E-state index contributed by atoms with van der Waals surface area (Å²) in [6.07, 6.45) is 1.77. The number of benzene rings is 1. The van der Waals surface area contributed by atoms with Gasteiger partial charge in [0.1, 0.15) is 5.75 Å². The van der Waals surface area contributed by atoms with E-state index in [-0.39, 0.29) is 11.8 Å². The second kappa shape index (κ2) is 8.18. The summed E-state index contributed by atoms with van der Waals surface area (Å²) in [4.78, 5) is 28.3. The van der Waals surface area contributed by atoms with Crippen LogP contribution >= 0.6 is 0 Å². The number of carbonyl (C=O) groups excluding carboxylic acids is 2. The Morgan fingerprint density at radius 3 is 2.21 bits per heavy atom. The fourth-order valence-corrected chi connectivity index (χ4v) is 3.18. The van der Waals surface area contributed by atoms with Crippen LogP contribution in [-0.4, -0.2) is 54.9 Å². The molecular formula is C19H28N2O3. The Kier molecular flexibility index (Phi) is 6.23. The maximum Gasteiger partial charge on any atom is 0.227 e. The van der Waals surface area contributed by atoms with Crippen molar-refractivity contribution in [2.45, 2.75) is 40.0 Å². The number of hydrogen-bond acceptors (Lipinski definition) is 3. The first kappa shape index (κ1) is 18.3. The molecule has 0 unspecified atom stereocenters. The Morgan fingerprint density at radius 2 is 1.62 bits per heavy atom. The van der Waals surface area contributed by atoms with Crippen molar-refractivity contribution in [3.63, 3.8) is 0 Å². The van der Waals surface area contributed by atoms with E-state index in [1.165, 1.54) is 0 Å². The number of rotatable bonds is 4. The molecule has 1 heterocycles. The maximum atomic E-state index is 12.7. The van der Waals surface area contributed by atoms with Gasteiger partial charge < -0.3 is 14.5 Å². The molecule has 0 aromatic heterocycles. The van der Waals surface area contributed by atoms with E-state index < -0.39 is 0 Å². The topological polar surface area (TPSA) is 49.9 Å². The standard InChI is InChI=1S/C19H28N2O3/c1-5-18(22)20-9-6-10-21(12-11-20)19(23)13-16-7-8-17(24-4)15(3)14(16)2/h7-8H,5-6,9-13H2,1-4H3. The zero-order valence-electron chi connectivity index (χ0n) is 15.2. The van der Waals surface area contributed by atoms with Gasteiger partial charge in [0.05, 0.1) is 13.5 Å². The van der Waals surface area contributed by atoms with Crippen LogP contribution < -0.4 is 4.74 Å². The highest BCUT2D eigenvalue weighted by Gasteiger charge is 2.22. The average molecular weight is 332 g/mol. The van der Waals surface area contributed by atoms with Crippen LogP contribution in [0.5, 0.6) is 5.75 Å². The fourth-order valence-electron chi connectivity index (χ4n) is 3.18. The average Bonchev–Trinajstić information content (AvgIpc) is 2.84. The summed E-state index contributed by atoms with van der Waals surface area (Å²) in [7, 11) is 1.66. The van der Waals surface area contributed by atoms with Crippen LogP contribution in [-0.2, 0) is 16.0 Å². The van der Waals surface area contributed by atoms with E-state index in [4.69, 9.17) is 4.74 Å². The molecule has 1 aliphatic heterocycles. The van der Waals surface area contributed by atoms with Crippen molar-refractivity contribution in [3.05, 3.63) is 28.8 Å². The van der Waals surface area contributed by atoms with Crippen LogP contribution in [0.1, 0.15) is 36.5 Å². The van der Waals surface area contributed by atoms with Crippen LogP contribution in [0.2, 0.25) is 0 Å². The molecule has 2 amide bonds. The molecule has 1 aliphatic rings. The molecule has 0 bridgehead atoms. The fraction of sp³-hybridized carbons (Fsp3) is 0.579. The zero-order valence-corrected chi connectivity index (χ0v) is 15.2. The number of amides is 2. The molecule has 0 atom stereocenters. The van der Waals surface area contributed by atoms with Crippen LogP contribution in [0.3, 0.4) is 0 Å². The van der Waals surface area contributed by atoms with Gasteiger partial charge in [-0.3, -0.25) is 9.59 Å². The normalized spacial score (nSPS) is 15.2. The third kappa shape index (κ3) is 4.08. The molecule has 0 spiro atoms. The molecule has 1 aromatic carbocycles. The number of ether oxygens (including phenoxy) is 1. The Labute approximate surface area is 144 Å². The molecule has 0 N–H and O–H groups in total.